The number of hydrogen-bond acceptors (Lipinski definition) is 1. The second kappa shape index (κ2) is 8.66. The molecule has 0 radical (unpaired) electrons. The number of ether oxygens (including phenoxy) is 1. The number of hydrogen-bond donors (Lipinski definition) is 0. The van der Waals surface area contributed by atoms with Gasteiger partial charge in [-0.25, -0.2) is 8.78 Å². The summed E-state index contributed by atoms with van der Waals surface area (Å²) in [5.41, 5.74) is 3.37. The molecule has 0 bridgehead atoms. The molecule has 152 valence electrons. The van der Waals surface area contributed by atoms with E-state index in [-0.39, 0.29) is 11.6 Å². The molecule has 0 aliphatic carbocycles. The van der Waals surface area contributed by atoms with Crippen molar-refractivity contribution in [2.24, 2.45) is 0 Å². The average molecular weight is 402 g/mol. The highest BCUT2D eigenvalue weighted by Crippen LogP contribution is 2.33. The lowest BCUT2D eigenvalue weighted by Gasteiger charge is -2.11. The highest BCUT2D eigenvalue weighted by molar-refractivity contribution is 5.89. The number of rotatable bonds is 6. The van der Waals surface area contributed by atoms with Crippen molar-refractivity contribution in [1.29, 1.82) is 0 Å². The lowest BCUT2D eigenvalue weighted by Crippen LogP contribution is -1.92. The zero-order valence-corrected chi connectivity index (χ0v) is 17.2. The first-order valence-electron chi connectivity index (χ1n) is 10.3. The van der Waals surface area contributed by atoms with Gasteiger partial charge in [-0.1, -0.05) is 67.9 Å². The van der Waals surface area contributed by atoms with Crippen LogP contribution >= 0.6 is 0 Å². The number of unbranched alkanes of at least 4 members (excludes halogenated alkanes) is 1. The first-order valence-corrected chi connectivity index (χ1v) is 10.3. The Balaban J connectivity index is 1.69. The van der Waals surface area contributed by atoms with E-state index in [9.17, 15) is 4.39 Å². The smallest absolute Gasteiger partial charge is 0.138 e. The molecule has 0 unspecified atom stereocenters. The second-order valence-corrected chi connectivity index (χ2v) is 7.51. The molecule has 0 aliphatic rings. The predicted molar refractivity (Wildman–Crippen MR) is 120 cm³/mol. The number of aryl methyl sites for hydroxylation is 1. The Hall–Kier alpha value is -3.20. The molecular formula is C27H24F2O. The third-order valence-corrected chi connectivity index (χ3v) is 5.52. The van der Waals surface area contributed by atoms with E-state index in [0.29, 0.717) is 27.8 Å². The molecule has 30 heavy (non-hydrogen) atoms. The Morgan fingerprint density at radius 1 is 0.767 bits per heavy atom. The highest BCUT2D eigenvalue weighted by atomic mass is 19.1. The molecule has 0 aromatic heterocycles. The summed E-state index contributed by atoms with van der Waals surface area (Å²) in [5, 5.41) is 1.44. The van der Waals surface area contributed by atoms with Crippen LogP contribution in [0, 0.1) is 11.6 Å². The molecule has 0 aliphatic heterocycles. The van der Waals surface area contributed by atoms with Crippen LogP contribution in [-0.2, 0) is 6.42 Å². The summed E-state index contributed by atoms with van der Waals surface area (Å²) in [6.07, 6.45) is 3.24. The molecule has 0 fully saturated rings. The Kier molecular flexibility index (Phi) is 5.80. The molecule has 4 aromatic rings. The fraction of sp³-hybridized carbons (Fsp3) is 0.185. The first kappa shape index (κ1) is 20.1. The Morgan fingerprint density at radius 2 is 1.50 bits per heavy atom. The molecule has 0 amide bonds. The van der Waals surface area contributed by atoms with Gasteiger partial charge in [-0.2, -0.15) is 0 Å². The van der Waals surface area contributed by atoms with E-state index >= 15 is 4.39 Å². The Bertz CT molecular complexity index is 1180. The lowest BCUT2D eigenvalue weighted by atomic mass is 9.96. The van der Waals surface area contributed by atoms with Crippen molar-refractivity contribution in [3.8, 4) is 28.0 Å². The van der Waals surface area contributed by atoms with E-state index in [4.69, 9.17) is 4.74 Å². The minimum atomic E-state index is -0.382. The zero-order chi connectivity index (χ0) is 21.1. The molecule has 0 heterocycles. The highest BCUT2D eigenvalue weighted by Gasteiger charge is 2.13. The van der Waals surface area contributed by atoms with Crippen molar-refractivity contribution >= 4 is 10.8 Å². The molecule has 3 heteroatoms. The third kappa shape index (κ3) is 3.93. The summed E-state index contributed by atoms with van der Waals surface area (Å²) in [7, 11) is 1.59. The van der Waals surface area contributed by atoms with Crippen molar-refractivity contribution in [2.75, 3.05) is 7.11 Å². The van der Waals surface area contributed by atoms with Crippen molar-refractivity contribution in [1.82, 2.24) is 0 Å². The van der Waals surface area contributed by atoms with Crippen LogP contribution in [0.1, 0.15) is 25.3 Å². The minimum absolute atomic E-state index is 0.314. The van der Waals surface area contributed by atoms with Crippen molar-refractivity contribution in [2.45, 2.75) is 26.2 Å². The molecule has 0 atom stereocenters. The zero-order valence-electron chi connectivity index (χ0n) is 17.2. The van der Waals surface area contributed by atoms with E-state index in [1.165, 1.54) is 11.6 Å². The second-order valence-electron chi connectivity index (χ2n) is 7.51. The van der Waals surface area contributed by atoms with Gasteiger partial charge in [0.1, 0.15) is 17.4 Å². The van der Waals surface area contributed by atoms with Gasteiger partial charge in [-0.3, -0.25) is 0 Å². The van der Waals surface area contributed by atoms with Crippen LogP contribution in [0.25, 0.3) is 33.0 Å². The molecular weight excluding hydrogens is 378 g/mol. The van der Waals surface area contributed by atoms with E-state index in [1.54, 1.807) is 37.4 Å². The molecule has 4 rings (SSSR count). The van der Waals surface area contributed by atoms with E-state index in [1.807, 2.05) is 36.4 Å². The molecule has 0 saturated carbocycles. The van der Waals surface area contributed by atoms with Crippen LogP contribution in [0.5, 0.6) is 5.75 Å². The van der Waals surface area contributed by atoms with Gasteiger partial charge in [0.05, 0.1) is 7.11 Å². The van der Waals surface area contributed by atoms with Crippen LogP contribution in [0.3, 0.4) is 0 Å². The van der Waals surface area contributed by atoms with Gasteiger partial charge < -0.3 is 4.74 Å². The predicted octanol–water partition coefficient (Wildman–Crippen LogP) is 7.80. The van der Waals surface area contributed by atoms with E-state index in [2.05, 4.69) is 6.92 Å². The lowest BCUT2D eigenvalue weighted by molar-refractivity contribution is 0.415. The van der Waals surface area contributed by atoms with Gasteiger partial charge in [0.15, 0.2) is 0 Å². The fourth-order valence-corrected chi connectivity index (χ4v) is 3.79. The maximum atomic E-state index is 15.2. The van der Waals surface area contributed by atoms with E-state index in [0.717, 1.165) is 30.2 Å². The summed E-state index contributed by atoms with van der Waals surface area (Å²) in [5.74, 6) is 0.0186. The molecule has 0 saturated heterocycles. The van der Waals surface area contributed by atoms with Gasteiger partial charge in [0.25, 0.3) is 0 Å². The number of fused-ring (bicyclic) bond motifs is 1. The van der Waals surface area contributed by atoms with Crippen LogP contribution in [0.2, 0.25) is 0 Å². The molecule has 0 N–H and O–H groups in total. The summed E-state index contributed by atoms with van der Waals surface area (Å²) in [4.78, 5) is 0. The summed E-state index contributed by atoms with van der Waals surface area (Å²) < 4.78 is 35.3. The van der Waals surface area contributed by atoms with Gasteiger partial charge >= 0.3 is 0 Å². The van der Waals surface area contributed by atoms with Gasteiger partial charge in [-0.05, 0) is 53.1 Å². The quantitative estimate of drug-likeness (QED) is 0.320. The molecule has 0 spiro atoms. The van der Waals surface area contributed by atoms with E-state index < -0.39 is 0 Å². The SMILES string of the molecule is CCCCc1ccc2c(F)c(-c3ccc(-c4ccc(OC)cc4)c(F)c3)ccc2c1. The summed E-state index contributed by atoms with van der Waals surface area (Å²) in [6, 6.07) is 21.6. The van der Waals surface area contributed by atoms with Gasteiger partial charge in [0.2, 0.25) is 0 Å². The van der Waals surface area contributed by atoms with Crippen LogP contribution < -0.4 is 4.74 Å². The van der Waals surface area contributed by atoms with Crippen molar-refractivity contribution in [3.63, 3.8) is 0 Å². The topological polar surface area (TPSA) is 9.23 Å². The minimum Gasteiger partial charge on any atom is -0.497 e. The van der Waals surface area contributed by atoms with Gasteiger partial charge in [0, 0.05) is 16.5 Å². The number of methoxy groups -OCH3 is 1. The fourth-order valence-electron chi connectivity index (χ4n) is 3.79. The molecule has 1 nitrogen and oxygen atoms in total. The Labute approximate surface area is 175 Å². The monoisotopic (exact) mass is 402 g/mol. The number of halogens is 2. The summed E-state index contributed by atoms with van der Waals surface area (Å²) in [6.45, 7) is 2.16. The summed E-state index contributed by atoms with van der Waals surface area (Å²) >= 11 is 0. The number of benzene rings is 4. The normalized spacial score (nSPS) is 11.1. The largest absolute Gasteiger partial charge is 0.497 e. The third-order valence-electron chi connectivity index (χ3n) is 5.52. The van der Waals surface area contributed by atoms with Crippen molar-refractivity contribution < 1.29 is 13.5 Å². The molecule has 4 aromatic carbocycles. The maximum Gasteiger partial charge on any atom is 0.138 e. The van der Waals surface area contributed by atoms with Crippen LogP contribution in [0.4, 0.5) is 8.78 Å². The van der Waals surface area contributed by atoms with Crippen LogP contribution in [0.15, 0.2) is 72.8 Å². The Morgan fingerprint density at radius 3 is 2.20 bits per heavy atom. The van der Waals surface area contributed by atoms with Crippen molar-refractivity contribution in [3.05, 3.63) is 90.0 Å². The van der Waals surface area contributed by atoms with Crippen LogP contribution in [-0.4, -0.2) is 7.11 Å². The average Bonchev–Trinajstić information content (AvgIpc) is 2.78. The first-order chi connectivity index (χ1) is 14.6. The van der Waals surface area contributed by atoms with Gasteiger partial charge in [-0.15, -0.1) is 0 Å². The maximum absolute atomic E-state index is 15.2. The standard InChI is InChI=1S/C27H24F2O/c1-3-4-5-18-6-13-24-20(16-18)10-15-25(27(24)29)21-9-14-23(26(28)17-21)19-7-11-22(30-2)12-8-19/h6-17H,3-5H2,1-2H3.